The summed E-state index contributed by atoms with van der Waals surface area (Å²) in [5, 5.41) is 6.42. The fraction of sp³-hybridized carbons (Fsp3) is 0.167. The van der Waals surface area contributed by atoms with E-state index in [0.717, 1.165) is 17.7 Å². The predicted octanol–water partition coefficient (Wildman–Crippen LogP) is 1.04. The van der Waals surface area contributed by atoms with Crippen molar-refractivity contribution in [2.24, 2.45) is 0 Å². The number of aryl methyl sites for hydroxylation is 1. The van der Waals surface area contributed by atoms with E-state index in [1.54, 1.807) is 12.4 Å². The largest absolute Gasteiger partial charge is 0.349 e. The van der Waals surface area contributed by atoms with Crippen molar-refractivity contribution in [2.75, 3.05) is 0 Å². The summed E-state index contributed by atoms with van der Waals surface area (Å²) in [4.78, 5) is 20.2. The third kappa shape index (κ3) is 1.58. The summed E-state index contributed by atoms with van der Waals surface area (Å²) in [5.41, 5.74) is 2.03. The minimum atomic E-state index is -0.285. The number of rotatable bonds is 2. The van der Waals surface area contributed by atoms with Crippen LogP contribution in [0.15, 0.2) is 35.4 Å². The van der Waals surface area contributed by atoms with E-state index in [-0.39, 0.29) is 5.69 Å². The Morgan fingerprint density at radius 1 is 1.33 bits per heavy atom. The lowest BCUT2D eigenvalue weighted by Crippen LogP contribution is -2.13. The molecule has 1 N–H and O–H groups in total. The van der Waals surface area contributed by atoms with Crippen LogP contribution >= 0.6 is 0 Å². The van der Waals surface area contributed by atoms with Gasteiger partial charge in [-0.3, -0.25) is 4.98 Å². The second-order valence-electron chi connectivity index (χ2n) is 3.88. The van der Waals surface area contributed by atoms with E-state index in [9.17, 15) is 4.79 Å². The van der Waals surface area contributed by atoms with Crippen LogP contribution in [0.4, 0.5) is 0 Å². The monoisotopic (exact) mass is 241 g/mol. The molecule has 0 saturated carbocycles. The lowest BCUT2D eigenvalue weighted by Gasteiger charge is -2.05. The minimum absolute atomic E-state index is 0.285. The summed E-state index contributed by atoms with van der Waals surface area (Å²) in [6, 6.07) is 5.45. The quantitative estimate of drug-likeness (QED) is 0.727. The standard InChI is InChI=1S/C12H11N5O/c1-2-9-7-10-15-16-12(18)17(10)11(14-9)8-3-5-13-6-4-8/h3-7H,2H2,1H3,(H,16,18). The molecule has 6 nitrogen and oxygen atoms in total. The van der Waals surface area contributed by atoms with E-state index in [2.05, 4.69) is 20.2 Å². The molecule has 0 spiro atoms. The van der Waals surface area contributed by atoms with E-state index in [1.807, 2.05) is 25.1 Å². The molecule has 3 aromatic heterocycles. The summed E-state index contributed by atoms with van der Waals surface area (Å²) in [5.74, 6) is 0.588. The molecule has 0 aliphatic carbocycles. The van der Waals surface area contributed by atoms with Gasteiger partial charge in [0.2, 0.25) is 0 Å². The average molecular weight is 241 g/mol. The van der Waals surface area contributed by atoms with E-state index in [4.69, 9.17) is 0 Å². The number of hydrogen-bond donors (Lipinski definition) is 1. The van der Waals surface area contributed by atoms with Crippen LogP contribution in [-0.2, 0) is 6.42 Å². The Morgan fingerprint density at radius 2 is 2.11 bits per heavy atom. The first-order valence-corrected chi connectivity index (χ1v) is 5.67. The Morgan fingerprint density at radius 3 is 2.83 bits per heavy atom. The molecule has 0 unspecified atom stereocenters. The van der Waals surface area contributed by atoms with Gasteiger partial charge in [-0.05, 0) is 18.6 Å². The topological polar surface area (TPSA) is 75.9 Å². The summed E-state index contributed by atoms with van der Waals surface area (Å²) in [6.45, 7) is 2.01. The van der Waals surface area contributed by atoms with Crippen LogP contribution in [0.2, 0.25) is 0 Å². The molecule has 3 aromatic rings. The van der Waals surface area contributed by atoms with E-state index in [0.29, 0.717) is 11.5 Å². The van der Waals surface area contributed by atoms with Gasteiger partial charge < -0.3 is 0 Å². The van der Waals surface area contributed by atoms with Gasteiger partial charge in [0.25, 0.3) is 0 Å². The molecule has 3 rings (SSSR count). The summed E-state index contributed by atoms with van der Waals surface area (Å²) in [7, 11) is 0. The minimum Gasteiger partial charge on any atom is -0.265 e. The number of nitrogens with zero attached hydrogens (tertiary/aromatic N) is 4. The Labute approximate surface area is 102 Å². The average Bonchev–Trinajstić information content (AvgIpc) is 2.80. The highest BCUT2D eigenvalue weighted by atomic mass is 16.1. The highest BCUT2D eigenvalue weighted by molar-refractivity contribution is 5.58. The fourth-order valence-electron chi connectivity index (χ4n) is 1.85. The van der Waals surface area contributed by atoms with E-state index in [1.165, 1.54) is 4.40 Å². The maximum absolute atomic E-state index is 11.8. The summed E-state index contributed by atoms with van der Waals surface area (Å²) >= 11 is 0. The van der Waals surface area contributed by atoms with Crippen molar-refractivity contribution in [3.63, 3.8) is 0 Å². The van der Waals surface area contributed by atoms with Gasteiger partial charge in [0.05, 0.1) is 0 Å². The van der Waals surface area contributed by atoms with Crippen LogP contribution in [0.3, 0.4) is 0 Å². The van der Waals surface area contributed by atoms with Crippen molar-refractivity contribution >= 4 is 5.65 Å². The van der Waals surface area contributed by atoms with Gasteiger partial charge in [0.1, 0.15) is 5.82 Å². The van der Waals surface area contributed by atoms with Gasteiger partial charge in [-0.25, -0.2) is 19.3 Å². The second kappa shape index (κ2) is 4.06. The molecule has 90 valence electrons. The van der Waals surface area contributed by atoms with Crippen LogP contribution in [0.25, 0.3) is 17.0 Å². The molecule has 18 heavy (non-hydrogen) atoms. The van der Waals surface area contributed by atoms with Crippen LogP contribution in [-0.4, -0.2) is 24.6 Å². The molecule has 0 aromatic carbocycles. The van der Waals surface area contributed by atoms with E-state index < -0.39 is 0 Å². The highest BCUT2D eigenvalue weighted by Crippen LogP contribution is 2.16. The third-order valence-corrected chi connectivity index (χ3v) is 2.76. The van der Waals surface area contributed by atoms with Gasteiger partial charge in [-0.15, -0.1) is 0 Å². The molecule has 0 bridgehead atoms. The fourth-order valence-corrected chi connectivity index (χ4v) is 1.85. The van der Waals surface area contributed by atoms with Crippen molar-refractivity contribution in [3.05, 3.63) is 46.8 Å². The molecule has 3 heterocycles. The SMILES string of the molecule is CCc1cc2n[nH]c(=O)n2c(-c2ccncc2)n1. The second-order valence-corrected chi connectivity index (χ2v) is 3.88. The molecule has 0 amide bonds. The zero-order valence-electron chi connectivity index (χ0n) is 9.79. The lowest BCUT2D eigenvalue weighted by molar-refractivity contribution is 0.961. The van der Waals surface area contributed by atoms with Crippen LogP contribution < -0.4 is 5.69 Å². The molecule has 0 aliphatic rings. The van der Waals surface area contributed by atoms with Crippen LogP contribution in [0, 0.1) is 0 Å². The Bertz CT molecular complexity index is 744. The first kappa shape index (κ1) is 10.6. The predicted molar refractivity (Wildman–Crippen MR) is 66.2 cm³/mol. The number of H-pyrrole nitrogens is 1. The van der Waals surface area contributed by atoms with Gasteiger partial charge in [-0.2, -0.15) is 5.10 Å². The molecule has 0 fully saturated rings. The van der Waals surface area contributed by atoms with Gasteiger partial charge in [-0.1, -0.05) is 6.92 Å². The van der Waals surface area contributed by atoms with Crippen molar-refractivity contribution in [2.45, 2.75) is 13.3 Å². The highest BCUT2D eigenvalue weighted by Gasteiger charge is 2.11. The molecule has 6 heteroatoms. The molecule has 0 aliphatic heterocycles. The number of aromatic amines is 1. The molecule has 0 radical (unpaired) electrons. The van der Waals surface area contributed by atoms with Crippen molar-refractivity contribution in [3.8, 4) is 11.4 Å². The zero-order valence-corrected chi connectivity index (χ0v) is 9.79. The van der Waals surface area contributed by atoms with E-state index >= 15 is 0 Å². The molecular weight excluding hydrogens is 230 g/mol. The molecule has 0 saturated heterocycles. The number of fused-ring (bicyclic) bond motifs is 1. The molecular formula is C12H11N5O. The Kier molecular flexibility index (Phi) is 2.40. The van der Waals surface area contributed by atoms with Crippen molar-refractivity contribution in [1.29, 1.82) is 0 Å². The smallest absolute Gasteiger partial charge is 0.265 e. The zero-order chi connectivity index (χ0) is 12.5. The third-order valence-electron chi connectivity index (χ3n) is 2.76. The van der Waals surface area contributed by atoms with Crippen molar-refractivity contribution in [1.82, 2.24) is 24.6 Å². The summed E-state index contributed by atoms with van der Waals surface area (Å²) < 4.78 is 1.47. The first-order chi connectivity index (χ1) is 8.79. The van der Waals surface area contributed by atoms with Gasteiger partial charge >= 0.3 is 5.69 Å². The molecule has 0 atom stereocenters. The number of aromatic nitrogens is 5. The number of hydrogen-bond acceptors (Lipinski definition) is 4. The van der Waals surface area contributed by atoms with Gasteiger partial charge in [0.15, 0.2) is 5.65 Å². The lowest BCUT2D eigenvalue weighted by atomic mass is 10.2. The first-order valence-electron chi connectivity index (χ1n) is 5.67. The Balaban J connectivity index is 2.39. The maximum atomic E-state index is 11.8. The van der Waals surface area contributed by atoms with Crippen LogP contribution in [0.5, 0.6) is 0 Å². The van der Waals surface area contributed by atoms with Gasteiger partial charge in [0, 0.05) is 29.7 Å². The Hall–Kier alpha value is -2.50. The van der Waals surface area contributed by atoms with Crippen molar-refractivity contribution < 1.29 is 0 Å². The van der Waals surface area contributed by atoms with Crippen LogP contribution in [0.1, 0.15) is 12.6 Å². The maximum Gasteiger partial charge on any atom is 0.349 e. The number of nitrogens with one attached hydrogen (secondary N) is 1. The number of pyridine rings is 1. The summed E-state index contributed by atoms with van der Waals surface area (Å²) in [6.07, 6.45) is 4.13. The normalized spacial score (nSPS) is 10.9.